The number of fused-ring (bicyclic) bond motifs is 2. The van der Waals surface area contributed by atoms with Crippen LogP contribution in [0.1, 0.15) is 25.5 Å². The number of imidazole rings is 1. The Morgan fingerprint density at radius 1 is 1.29 bits per heavy atom. The number of carbonyl (C=O) groups excluding carboxylic acids is 1. The van der Waals surface area contributed by atoms with E-state index < -0.39 is 17.9 Å². The number of halogens is 5. The molecule has 1 aliphatic rings. The van der Waals surface area contributed by atoms with Crippen LogP contribution in [0.2, 0.25) is 5.02 Å². The van der Waals surface area contributed by atoms with Crippen molar-refractivity contribution >= 4 is 51.6 Å². The van der Waals surface area contributed by atoms with E-state index in [1.165, 1.54) is 28.4 Å². The van der Waals surface area contributed by atoms with E-state index in [9.17, 15) is 18.0 Å². The van der Waals surface area contributed by atoms with Gasteiger partial charge in [-0.2, -0.15) is 18.3 Å². The molecule has 0 aliphatic carbocycles. The molecule has 184 valence electrons. The maximum atomic E-state index is 15.5. The van der Waals surface area contributed by atoms with Crippen LogP contribution in [-0.4, -0.2) is 44.1 Å². The lowest BCUT2D eigenvalue weighted by molar-refractivity contribution is -0.167. The number of amides is 1. The van der Waals surface area contributed by atoms with Gasteiger partial charge in [-0.25, -0.2) is 14.1 Å². The number of rotatable bonds is 4. The molecule has 5 rings (SSSR count). The van der Waals surface area contributed by atoms with E-state index in [-0.39, 0.29) is 22.7 Å². The molecule has 0 spiro atoms. The zero-order valence-electron chi connectivity index (χ0n) is 18.2. The van der Waals surface area contributed by atoms with Crippen LogP contribution in [0.25, 0.3) is 27.7 Å². The predicted molar refractivity (Wildman–Crippen MR) is 124 cm³/mol. The largest absolute Gasteiger partial charge is 0.471 e. The maximum absolute atomic E-state index is 15.5. The monoisotopic (exact) mass is 527 g/mol. The summed E-state index contributed by atoms with van der Waals surface area (Å²) in [4.78, 5) is 15.6. The molecular formula is C22H18ClF4N5O2S. The summed E-state index contributed by atoms with van der Waals surface area (Å²) < 4.78 is 62.2. The fourth-order valence-corrected chi connectivity index (χ4v) is 5.23. The van der Waals surface area contributed by atoms with Crippen molar-refractivity contribution in [1.29, 1.82) is 0 Å². The highest BCUT2D eigenvalue weighted by molar-refractivity contribution is 7.98. The van der Waals surface area contributed by atoms with Gasteiger partial charge >= 0.3 is 12.1 Å². The molecule has 1 N–H and O–H groups in total. The SMILES string of the molecule is CSc1c(F)c(Cl)c(-c2ccc3nc(NC(=O)C(F)(F)F)cn3c2)c2cnn(C3CCCCO3)c12. The minimum absolute atomic E-state index is 0.101. The highest BCUT2D eigenvalue weighted by Crippen LogP contribution is 2.44. The van der Waals surface area contributed by atoms with E-state index in [4.69, 9.17) is 16.3 Å². The normalized spacial score (nSPS) is 16.8. The molecule has 4 aromatic rings. The maximum Gasteiger partial charge on any atom is 0.471 e. The van der Waals surface area contributed by atoms with E-state index in [0.717, 1.165) is 19.3 Å². The summed E-state index contributed by atoms with van der Waals surface area (Å²) in [5.74, 6) is -2.99. The highest BCUT2D eigenvalue weighted by atomic mass is 35.5. The summed E-state index contributed by atoms with van der Waals surface area (Å²) in [6.45, 7) is 0.591. The van der Waals surface area contributed by atoms with Gasteiger partial charge in [0.05, 0.1) is 27.8 Å². The van der Waals surface area contributed by atoms with Crippen molar-refractivity contribution in [3.63, 3.8) is 0 Å². The lowest BCUT2D eigenvalue weighted by Crippen LogP contribution is -2.30. The molecule has 1 aliphatic heterocycles. The van der Waals surface area contributed by atoms with Gasteiger partial charge < -0.3 is 14.5 Å². The number of aromatic nitrogens is 4. The number of benzene rings is 1. The van der Waals surface area contributed by atoms with Crippen LogP contribution in [-0.2, 0) is 9.53 Å². The smallest absolute Gasteiger partial charge is 0.356 e. The van der Waals surface area contributed by atoms with Gasteiger partial charge in [0.2, 0.25) is 0 Å². The quantitative estimate of drug-likeness (QED) is 0.258. The second-order valence-corrected chi connectivity index (χ2v) is 9.16. The summed E-state index contributed by atoms with van der Waals surface area (Å²) in [6.07, 6.45) is 3.45. The summed E-state index contributed by atoms with van der Waals surface area (Å²) >= 11 is 7.71. The Kier molecular flexibility index (Phi) is 6.14. The fraction of sp³-hybridized carbons (Fsp3) is 0.318. The third-order valence-corrected chi connectivity index (χ3v) is 6.90. The molecule has 1 saturated heterocycles. The third-order valence-electron chi connectivity index (χ3n) is 5.76. The van der Waals surface area contributed by atoms with Crippen molar-refractivity contribution < 1.29 is 27.1 Å². The Bertz CT molecular complexity index is 1450. The third kappa shape index (κ3) is 4.23. The van der Waals surface area contributed by atoms with Crippen LogP contribution in [0.15, 0.2) is 35.6 Å². The van der Waals surface area contributed by atoms with Crippen molar-refractivity contribution in [3.05, 3.63) is 41.6 Å². The van der Waals surface area contributed by atoms with Crippen LogP contribution in [0.5, 0.6) is 0 Å². The molecule has 1 aromatic carbocycles. The molecule has 1 fully saturated rings. The van der Waals surface area contributed by atoms with Gasteiger partial charge in [0, 0.05) is 29.3 Å². The van der Waals surface area contributed by atoms with Gasteiger partial charge in [0.1, 0.15) is 5.65 Å². The van der Waals surface area contributed by atoms with E-state index in [1.807, 2.05) is 0 Å². The lowest BCUT2D eigenvalue weighted by Gasteiger charge is -2.24. The van der Waals surface area contributed by atoms with Crippen molar-refractivity contribution in [2.45, 2.75) is 36.6 Å². The molecule has 13 heteroatoms. The van der Waals surface area contributed by atoms with Gasteiger partial charge in [0.25, 0.3) is 0 Å². The van der Waals surface area contributed by atoms with Crippen LogP contribution in [0.3, 0.4) is 0 Å². The number of ether oxygens (including phenoxy) is 1. The first-order valence-corrected chi connectivity index (χ1v) is 12.2. The highest BCUT2D eigenvalue weighted by Gasteiger charge is 2.39. The van der Waals surface area contributed by atoms with Gasteiger partial charge in [-0.3, -0.25) is 4.79 Å². The summed E-state index contributed by atoms with van der Waals surface area (Å²) in [5, 5.41) is 6.73. The number of nitrogens with one attached hydrogen (secondary N) is 1. The molecule has 1 unspecified atom stereocenters. The topological polar surface area (TPSA) is 73.5 Å². The second kappa shape index (κ2) is 8.99. The van der Waals surface area contributed by atoms with E-state index in [2.05, 4.69) is 10.1 Å². The van der Waals surface area contributed by atoms with E-state index in [0.29, 0.717) is 33.5 Å². The van der Waals surface area contributed by atoms with Crippen LogP contribution < -0.4 is 5.32 Å². The average molecular weight is 528 g/mol. The molecular weight excluding hydrogens is 510 g/mol. The van der Waals surface area contributed by atoms with Crippen molar-refractivity contribution in [1.82, 2.24) is 19.2 Å². The number of hydrogen-bond acceptors (Lipinski definition) is 5. The van der Waals surface area contributed by atoms with Gasteiger partial charge in [-0.1, -0.05) is 11.6 Å². The van der Waals surface area contributed by atoms with Crippen LogP contribution in [0, 0.1) is 5.82 Å². The van der Waals surface area contributed by atoms with E-state index >= 15 is 4.39 Å². The molecule has 1 amide bonds. The van der Waals surface area contributed by atoms with Crippen LogP contribution >= 0.6 is 23.4 Å². The Labute approximate surface area is 205 Å². The van der Waals surface area contributed by atoms with Gasteiger partial charge in [-0.05, 0) is 37.7 Å². The molecule has 1 atom stereocenters. The number of nitrogens with zero attached hydrogens (tertiary/aromatic N) is 4. The molecule has 3 aromatic heterocycles. The van der Waals surface area contributed by atoms with Crippen molar-refractivity contribution in [3.8, 4) is 11.1 Å². The second-order valence-electron chi connectivity index (χ2n) is 7.97. The Hall–Kier alpha value is -2.83. The number of thioether (sulfide) groups is 1. The number of carbonyl (C=O) groups is 1. The minimum Gasteiger partial charge on any atom is -0.356 e. The lowest BCUT2D eigenvalue weighted by atomic mass is 10.0. The summed E-state index contributed by atoms with van der Waals surface area (Å²) in [6, 6.07) is 3.17. The Balaban J connectivity index is 1.63. The predicted octanol–water partition coefficient (Wildman–Crippen LogP) is 6.07. The van der Waals surface area contributed by atoms with Gasteiger partial charge in [-0.15, -0.1) is 11.8 Å². The molecule has 0 radical (unpaired) electrons. The first-order chi connectivity index (χ1) is 16.7. The average Bonchev–Trinajstić information content (AvgIpc) is 3.43. The zero-order chi connectivity index (χ0) is 24.9. The Morgan fingerprint density at radius 3 is 2.77 bits per heavy atom. The molecule has 4 heterocycles. The zero-order valence-corrected chi connectivity index (χ0v) is 19.8. The van der Waals surface area contributed by atoms with E-state index in [1.54, 1.807) is 34.7 Å². The summed E-state index contributed by atoms with van der Waals surface area (Å²) in [7, 11) is 0. The first kappa shape index (κ1) is 23.9. The van der Waals surface area contributed by atoms with Crippen molar-refractivity contribution in [2.75, 3.05) is 18.2 Å². The fourth-order valence-electron chi connectivity index (χ4n) is 4.19. The van der Waals surface area contributed by atoms with Crippen molar-refractivity contribution in [2.24, 2.45) is 0 Å². The summed E-state index contributed by atoms with van der Waals surface area (Å²) in [5.41, 5.74) is 1.72. The molecule has 7 nitrogen and oxygen atoms in total. The molecule has 0 saturated carbocycles. The number of alkyl halides is 3. The first-order valence-electron chi connectivity index (χ1n) is 10.6. The molecule has 35 heavy (non-hydrogen) atoms. The standard InChI is InChI=1S/C22H18ClF4N5O2S/c1-35-20-18(24)17(23)16(12-8-28-32(19(12)20)15-4-2-3-7-34-15)11-5-6-14-29-13(10-31(14)9-11)30-21(33)22(25,26)27/h5-6,8-10,15H,2-4,7H2,1H3,(H,30,33). The molecule has 0 bridgehead atoms. The van der Waals surface area contributed by atoms with Crippen LogP contribution in [0.4, 0.5) is 23.4 Å². The Morgan fingerprint density at radius 2 is 2.09 bits per heavy atom. The van der Waals surface area contributed by atoms with Gasteiger partial charge in [0.15, 0.2) is 17.9 Å². The number of anilines is 1. The number of hydrogen-bond donors (Lipinski definition) is 1. The number of pyridine rings is 1. The minimum atomic E-state index is -5.04.